The van der Waals surface area contributed by atoms with E-state index in [2.05, 4.69) is 21.8 Å². The van der Waals surface area contributed by atoms with E-state index in [9.17, 15) is 0 Å². The predicted molar refractivity (Wildman–Crippen MR) is 69.0 cm³/mol. The quantitative estimate of drug-likeness (QED) is 0.870. The number of hydrogen-bond acceptors (Lipinski definition) is 4. The second-order valence-electron chi connectivity index (χ2n) is 3.63. The van der Waals surface area contributed by atoms with Crippen LogP contribution in [0.1, 0.15) is 12.6 Å². The summed E-state index contributed by atoms with van der Waals surface area (Å²) >= 11 is 0. The van der Waals surface area contributed by atoms with Crippen LogP contribution in [-0.4, -0.2) is 16.5 Å². The van der Waals surface area contributed by atoms with Crippen molar-refractivity contribution in [2.24, 2.45) is 5.73 Å². The van der Waals surface area contributed by atoms with Gasteiger partial charge in [-0.15, -0.1) is 0 Å². The molecule has 0 aliphatic rings. The van der Waals surface area contributed by atoms with E-state index < -0.39 is 0 Å². The lowest BCUT2D eigenvalue weighted by Crippen LogP contribution is -2.19. The molecule has 1 heterocycles. The molecule has 2 N–H and O–H groups in total. The zero-order valence-electron chi connectivity index (χ0n) is 9.87. The third-order valence-electron chi connectivity index (χ3n) is 2.54. The number of aromatic nitrogens is 2. The van der Waals surface area contributed by atoms with Crippen LogP contribution in [0.5, 0.6) is 0 Å². The summed E-state index contributed by atoms with van der Waals surface area (Å²) in [5.41, 5.74) is 7.53. The first-order valence-electron chi connectivity index (χ1n) is 5.69. The highest BCUT2D eigenvalue weighted by molar-refractivity contribution is 5.56. The van der Waals surface area contributed by atoms with E-state index in [1.165, 1.54) is 0 Å². The Labute approximate surface area is 101 Å². The first-order valence-corrected chi connectivity index (χ1v) is 5.69. The molecule has 4 heteroatoms. The van der Waals surface area contributed by atoms with E-state index in [-0.39, 0.29) is 0 Å². The largest absolute Gasteiger partial charge is 0.325 e. The Morgan fingerprint density at radius 2 is 1.94 bits per heavy atom. The highest BCUT2D eigenvalue weighted by Crippen LogP contribution is 2.20. The molecule has 0 atom stereocenters. The van der Waals surface area contributed by atoms with E-state index >= 15 is 0 Å². The Balaban J connectivity index is 2.35. The van der Waals surface area contributed by atoms with E-state index in [0.717, 1.165) is 17.9 Å². The normalized spacial score (nSPS) is 10.2. The molecule has 0 fully saturated rings. The minimum absolute atomic E-state index is 0.432. The molecule has 2 rings (SSSR count). The highest BCUT2D eigenvalue weighted by atomic mass is 15.2. The van der Waals surface area contributed by atoms with Crippen molar-refractivity contribution in [2.45, 2.75) is 13.5 Å². The Kier molecular flexibility index (Phi) is 3.67. The van der Waals surface area contributed by atoms with Crippen molar-refractivity contribution >= 4 is 11.6 Å². The standard InChI is InChI=1S/C13H16N4/c1-2-17(12-6-4-3-5-7-12)13-15-9-8-11(10-14)16-13/h3-9H,2,10,14H2,1H3. The molecule has 0 saturated heterocycles. The maximum absolute atomic E-state index is 5.59. The smallest absolute Gasteiger partial charge is 0.230 e. The van der Waals surface area contributed by atoms with Crippen molar-refractivity contribution in [1.29, 1.82) is 0 Å². The van der Waals surface area contributed by atoms with Crippen molar-refractivity contribution in [3.8, 4) is 0 Å². The highest BCUT2D eigenvalue weighted by Gasteiger charge is 2.09. The molecular weight excluding hydrogens is 212 g/mol. The second-order valence-corrected chi connectivity index (χ2v) is 3.63. The second kappa shape index (κ2) is 5.41. The molecule has 1 aromatic heterocycles. The molecule has 2 aromatic rings. The van der Waals surface area contributed by atoms with Gasteiger partial charge < -0.3 is 10.6 Å². The summed E-state index contributed by atoms with van der Waals surface area (Å²) in [4.78, 5) is 10.8. The van der Waals surface area contributed by atoms with E-state index in [1.54, 1.807) is 6.20 Å². The topological polar surface area (TPSA) is 55.0 Å². The van der Waals surface area contributed by atoms with Gasteiger partial charge in [-0.1, -0.05) is 18.2 Å². The van der Waals surface area contributed by atoms with Gasteiger partial charge in [-0.25, -0.2) is 9.97 Å². The summed E-state index contributed by atoms with van der Waals surface area (Å²) in [5, 5.41) is 0. The number of benzene rings is 1. The Morgan fingerprint density at radius 1 is 1.18 bits per heavy atom. The lowest BCUT2D eigenvalue weighted by Gasteiger charge is -2.20. The molecule has 88 valence electrons. The van der Waals surface area contributed by atoms with Gasteiger partial charge >= 0.3 is 0 Å². The van der Waals surface area contributed by atoms with Gasteiger partial charge in [-0.05, 0) is 25.1 Å². The van der Waals surface area contributed by atoms with Crippen LogP contribution >= 0.6 is 0 Å². The number of nitrogens with zero attached hydrogens (tertiary/aromatic N) is 3. The van der Waals surface area contributed by atoms with Gasteiger partial charge in [0.2, 0.25) is 5.95 Å². The predicted octanol–water partition coefficient (Wildman–Crippen LogP) is 2.09. The zero-order valence-corrected chi connectivity index (χ0v) is 9.87. The van der Waals surface area contributed by atoms with Crippen LogP contribution in [0.2, 0.25) is 0 Å². The summed E-state index contributed by atoms with van der Waals surface area (Å²) in [7, 11) is 0. The van der Waals surface area contributed by atoms with Crippen LogP contribution in [0.25, 0.3) is 0 Å². The number of rotatable bonds is 4. The maximum atomic E-state index is 5.59. The van der Waals surface area contributed by atoms with Gasteiger partial charge in [0.15, 0.2) is 0 Å². The average molecular weight is 228 g/mol. The minimum atomic E-state index is 0.432. The fourth-order valence-electron chi connectivity index (χ4n) is 1.68. The lowest BCUT2D eigenvalue weighted by atomic mass is 10.3. The molecule has 4 nitrogen and oxygen atoms in total. The molecule has 0 bridgehead atoms. The third-order valence-corrected chi connectivity index (χ3v) is 2.54. The molecule has 0 spiro atoms. The van der Waals surface area contributed by atoms with Crippen LogP contribution < -0.4 is 10.6 Å². The Hall–Kier alpha value is -1.94. The fourth-order valence-corrected chi connectivity index (χ4v) is 1.68. The zero-order chi connectivity index (χ0) is 12.1. The number of hydrogen-bond donors (Lipinski definition) is 1. The van der Waals surface area contributed by atoms with Crippen molar-refractivity contribution in [1.82, 2.24) is 9.97 Å². The van der Waals surface area contributed by atoms with Crippen LogP contribution in [0.3, 0.4) is 0 Å². The summed E-state index contributed by atoms with van der Waals surface area (Å²) < 4.78 is 0. The number of anilines is 2. The molecule has 0 amide bonds. The average Bonchev–Trinajstić information content (AvgIpc) is 2.41. The number of para-hydroxylation sites is 1. The van der Waals surface area contributed by atoms with Gasteiger partial charge in [-0.3, -0.25) is 0 Å². The molecule has 0 aliphatic heterocycles. The van der Waals surface area contributed by atoms with Gasteiger partial charge in [0.05, 0.1) is 5.69 Å². The van der Waals surface area contributed by atoms with E-state index in [0.29, 0.717) is 12.5 Å². The molecule has 0 aliphatic carbocycles. The van der Waals surface area contributed by atoms with Crippen molar-refractivity contribution in [3.05, 3.63) is 48.3 Å². The molecule has 0 radical (unpaired) electrons. The van der Waals surface area contributed by atoms with Crippen LogP contribution in [0, 0.1) is 0 Å². The minimum Gasteiger partial charge on any atom is -0.325 e. The summed E-state index contributed by atoms with van der Waals surface area (Å²) in [6, 6.07) is 11.9. The SMILES string of the molecule is CCN(c1ccccc1)c1nccc(CN)n1. The first-order chi connectivity index (χ1) is 8.35. The number of nitrogens with two attached hydrogens (primary N) is 1. The Bertz CT molecular complexity index is 470. The molecule has 0 saturated carbocycles. The van der Waals surface area contributed by atoms with Crippen LogP contribution in [-0.2, 0) is 6.54 Å². The Morgan fingerprint density at radius 3 is 2.59 bits per heavy atom. The first kappa shape index (κ1) is 11.5. The summed E-state index contributed by atoms with van der Waals surface area (Å²) in [6.07, 6.45) is 1.75. The molecule has 17 heavy (non-hydrogen) atoms. The van der Waals surface area contributed by atoms with Crippen molar-refractivity contribution in [2.75, 3.05) is 11.4 Å². The lowest BCUT2D eigenvalue weighted by molar-refractivity contribution is 0.901. The van der Waals surface area contributed by atoms with E-state index in [4.69, 9.17) is 5.73 Å². The summed E-state index contributed by atoms with van der Waals surface area (Å²) in [5.74, 6) is 0.696. The van der Waals surface area contributed by atoms with Crippen molar-refractivity contribution < 1.29 is 0 Å². The third kappa shape index (κ3) is 2.60. The molecule has 1 aromatic carbocycles. The fraction of sp³-hybridized carbons (Fsp3) is 0.231. The van der Waals surface area contributed by atoms with Crippen LogP contribution in [0.4, 0.5) is 11.6 Å². The van der Waals surface area contributed by atoms with Gasteiger partial charge in [-0.2, -0.15) is 0 Å². The van der Waals surface area contributed by atoms with Crippen LogP contribution in [0.15, 0.2) is 42.6 Å². The maximum Gasteiger partial charge on any atom is 0.230 e. The summed E-state index contributed by atoms with van der Waals surface area (Å²) in [6.45, 7) is 3.32. The molecular formula is C13H16N4. The van der Waals surface area contributed by atoms with Gasteiger partial charge in [0, 0.05) is 25.0 Å². The monoisotopic (exact) mass is 228 g/mol. The van der Waals surface area contributed by atoms with Crippen molar-refractivity contribution in [3.63, 3.8) is 0 Å². The van der Waals surface area contributed by atoms with E-state index in [1.807, 2.05) is 36.4 Å². The molecule has 0 unspecified atom stereocenters. The van der Waals surface area contributed by atoms with Gasteiger partial charge in [0.1, 0.15) is 0 Å². The van der Waals surface area contributed by atoms with Gasteiger partial charge in [0.25, 0.3) is 0 Å².